The van der Waals surface area contributed by atoms with Gasteiger partial charge in [0.1, 0.15) is 29.3 Å². The van der Waals surface area contributed by atoms with Crippen LogP contribution in [0.25, 0.3) is 16.6 Å². The molecule has 1 N–H and O–H groups in total. The maximum absolute atomic E-state index is 14.6. The van der Waals surface area contributed by atoms with Gasteiger partial charge < -0.3 is 24.4 Å². The number of benzene rings is 1. The molecule has 0 bridgehead atoms. The SMILES string of the molecule is CC=C(c1ccc2cc(F)cc(OCC3(OC)CCCN(CCO)CC3)c2n1)N1C=CC=CC1=CCCC. The third-order valence-electron chi connectivity index (χ3n) is 7.38. The van der Waals surface area contributed by atoms with Crippen LogP contribution in [-0.4, -0.2) is 65.4 Å². The monoisotopic (exact) mass is 521 g/mol. The quantitative estimate of drug-likeness (QED) is 0.411. The molecule has 38 heavy (non-hydrogen) atoms. The Bertz CT molecular complexity index is 1220. The zero-order valence-corrected chi connectivity index (χ0v) is 22.8. The van der Waals surface area contributed by atoms with Crippen LogP contribution in [0.15, 0.2) is 66.5 Å². The summed E-state index contributed by atoms with van der Waals surface area (Å²) in [5.74, 6) is 0.0599. The van der Waals surface area contributed by atoms with E-state index in [1.54, 1.807) is 7.11 Å². The Balaban J connectivity index is 1.62. The molecule has 0 radical (unpaired) electrons. The molecule has 3 heterocycles. The molecule has 0 amide bonds. The minimum Gasteiger partial charge on any atom is -0.488 e. The standard InChI is InChI=1S/C31H40FN3O3/c1-4-6-10-26-11-7-8-17-35(26)28(5-2)27-13-12-24-21-25(32)22-29(30(24)33-27)38-23-31(37-3)14-9-16-34(18-15-31)19-20-36/h5,7-8,10-13,17,21-22,36H,4,6,9,14-16,18-20,23H2,1-3H3. The summed E-state index contributed by atoms with van der Waals surface area (Å²) in [6.45, 7) is 7.02. The lowest BCUT2D eigenvalue weighted by atomic mass is 9.95. The fourth-order valence-electron chi connectivity index (χ4n) is 5.17. The number of hydrogen-bond donors (Lipinski definition) is 1. The highest BCUT2D eigenvalue weighted by atomic mass is 19.1. The zero-order valence-electron chi connectivity index (χ0n) is 22.8. The molecular weight excluding hydrogens is 481 g/mol. The Labute approximate surface area is 225 Å². The number of β-amino-alcohol motifs (C(OH)–C–C–N with tert-alkyl or cyclic N) is 1. The van der Waals surface area contributed by atoms with E-state index in [9.17, 15) is 9.50 Å². The van der Waals surface area contributed by atoms with E-state index < -0.39 is 5.60 Å². The maximum Gasteiger partial charge on any atom is 0.148 e. The smallest absolute Gasteiger partial charge is 0.148 e. The second-order valence-electron chi connectivity index (χ2n) is 9.93. The molecule has 1 fully saturated rings. The number of aliphatic hydroxyl groups excluding tert-OH is 1. The summed E-state index contributed by atoms with van der Waals surface area (Å²) in [5, 5.41) is 10.0. The van der Waals surface area contributed by atoms with Crippen LogP contribution in [0.3, 0.4) is 0 Å². The highest BCUT2D eigenvalue weighted by Crippen LogP contribution is 2.33. The van der Waals surface area contributed by atoms with Crippen molar-refractivity contribution in [1.29, 1.82) is 0 Å². The molecule has 2 aliphatic heterocycles. The van der Waals surface area contributed by atoms with Crippen LogP contribution in [0.1, 0.15) is 51.6 Å². The van der Waals surface area contributed by atoms with Gasteiger partial charge in [-0.25, -0.2) is 9.37 Å². The molecule has 0 spiro atoms. The number of pyridine rings is 1. The third-order valence-corrected chi connectivity index (χ3v) is 7.38. The van der Waals surface area contributed by atoms with Crippen LogP contribution in [0.2, 0.25) is 0 Å². The summed E-state index contributed by atoms with van der Waals surface area (Å²) in [4.78, 5) is 9.37. The number of hydrogen-bond acceptors (Lipinski definition) is 6. The first kappa shape index (κ1) is 28.0. The van der Waals surface area contributed by atoms with Crippen LogP contribution in [-0.2, 0) is 4.74 Å². The molecular formula is C31H40FN3O3. The van der Waals surface area contributed by atoms with Gasteiger partial charge in [-0.2, -0.15) is 0 Å². The number of ether oxygens (including phenoxy) is 2. The zero-order chi connectivity index (χ0) is 27.0. The molecule has 1 atom stereocenters. The summed E-state index contributed by atoms with van der Waals surface area (Å²) >= 11 is 0. The number of unbranched alkanes of at least 4 members (excludes halogenated alkanes) is 1. The van der Waals surface area contributed by atoms with E-state index in [0.717, 1.165) is 62.3 Å². The van der Waals surface area contributed by atoms with E-state index in [1.165, 1.54) is 12.1 Å². The summed E-state index contributed by atoms with van der Waals surface area (Å²) in [6.07, 6.45) is 17.1. The van der Waals surface area contributed by atoms with Crippen LogP contribution in [0, 0.1) is 5.82 Å². The van der Waals surface area contributed by atoms with Gasteiger partial charge in [0.25, 0.3) is 0 Å². The van der Waals surface area contributed by atoms with Gasteiger partial charge in [-0.3, -0.25) is 0 Å². The van der Waals surface area contributed by atoms with Gasteiger partial charge in [-0.1, -0.05) is 37.6 Å². The maximum atomic E-state index is 14.6. The average molecular weight is 522 g/mol. The van der Waals surface area contributed by atoms with E-state index in [2.05, 4.69) is 28.9 Å². The number of fused-ring (bicyclic) bond motifs is 1. The number of aromatic nitrogens is 1. The summed E-state index contributed by atoms with van der Waals surface area (Å²) in [6, 6.07) is 6.75. The second kappa shape index (κ2) is 13.2. The molecule has 4 rings (SSSR count). The first-order valence-electron chi connectivity index (χ1n) is 13.6. The lowest BCUT2D eigenvalue weighted by Gasteiger charge is -2.31. The molecule has 6 nitrogen and oxygen atoms in total. The highest BCUT2D eigenvalue weighted by Gasteiger charge is 2.34. The fraction of sp³-hybridized carbons (Fsp3) is 0.452. The predicted molar refractivity (Wildman–Crippen MR) is 151 cm³/mol. The third kappa shape index (κ3) is 6.52. The van der Waals surface area contributed by atoms with Crippen molar-refractivity contribution >= 4 is 16.6 Å². The Hall–Kier alpha value is -3.00. The van der Waals surface area contributed by atoms with Crippen molar-refractivity contribution in [3.05, 3.63) is 78.1 Å². The van der Waals surface area contributed by atoms with E-state index >= 15 is 0 Å². The summed E-state index contributed by atoms with van der Waals surface area (Å²) in [7, 11) is 1.72. The number of methoxy groups -OCH3 is 1. The Kier molecular flexibility index (Phi) is 9.72. The number of likely N-dealkylation sites (tertiary alicyclic amines) is 1. The topological polar surface area (TPSA) is 58.1 Å². The van der Waals surface area contributed by atoms with Gasteiger partial charge in [0.15, 0.2) is 0 Å². The fourth-order valence-corrected chi connectivity index (χ4v) is 5.17. The lowest BCUT2D eigenvalue weighted by Crippen LogP contribution is -2.39. The molecule has 204 valence electrons. The van der Waals surface area contributed by atoms with Crippen LogP contribution >= 0.6 is 0 Å². The number of halogens is 1. The molecule has 7 heteroatoms. The normalized spacial score (nSPS) is 21.9. The molecule has 2 aliphatic rings. The molecule has 1 aromatic heterocycles. The van der Waals surface area contributed by atoms with Crippen LogP contribution < -0.4 is 4.74 Å². The molecule has 1 aromatic carbocycles. The van der Waals surface area contributed by atoms with Crippen LogP contribution in [0.5, 0.6) is 5.75 Å². The first-order chi connectivity index (χ1) is 18.5. The number of nitrogens with zero attached hydrogens (tertiary/aromatic N) is 3. The van der Waals surface area contributed by atoms with Gasteiger partial charge in [0.05, 0.1) is 18.0 Å². The van der Waals surface area contributed by atoms with Crippen molar-refractivity contribution in [3.8, 4) is 5.75 Å². The highest BCUT2D eigenvalue weighted by molar-refractivity contribution is 5.86. The van der Waals surface area contributed by atoms with Crippen molar-refractivity contribution in [2.24, 2.45) is 0 Å². The second-order valence-corrected chi connectivity index (χ2v) is 9.93. The minimum absolute atomic E-state index is 0.146. The largest absolute Gasteiger partial charge is 0.488 e. The number of allylic oxidation sites excluding steroid dienone is 5. The summed E-state index contributed by atoms with van der Waals surface area (Å²) < 4.78 is 26.9. The van der Waals surface area contributed by atoms with Gasteiger partial charge in [-0.15, -0.1) is 0 Å². The molecule has 0 aliphatic carbocycles. The van der Waals surface area contributed by atoms with Crippen LogP contribution in [0.4, 0.5) is 4.39 Å². The Morgan fingerprint density at radius 1 is 1.21 bits per heavy atom. The Morgan fingerprint density at radius 2 is 2.08 bits per heavy atom. The number of rotatable bonds is 10. The molecule has 1 saturated heterocycles. The number of aliphatic hydroxyl groups is 1. The van der Waals surface area contributed by atoms with Crippen molar-refractivity contribution in [1.82, 2.24) is 14.8 Å². The van der Waals surface area contributed by atoms with E-state index in [4.69, 9.17) is 14.5 Å². The molecule has 2 aromatic rings. The summed E-state index contributed by atoms with van der Waals surface area (Å²) in [5.41, 5.74) is 2.99. The minimum atomic E-state index is -0.473. The van der Waals surface area contributed by atoms with Gasteiger partial charge in [-0.05, 0) is 63.4 Å². The van der Waals surface area contributed by atoms with E-state index in [-0.39, 0.29) is 12.4 Å². The van der Waals surface area contributed by atoms with Crippen molar-refractivity contribution in [2.45, 2.75) is 51.6 Å². The predicted octanol–water partition coefficient (Wildman–Crippen LogP) is 6.05. The van der Waals surface area contributed by atoms with Gasteiger partial charge >= 0.3 is 0 Å². The Morgan fingerprint density at radius 3 is 2.84 bits per heavy atom. The molecule has 1 unspecified atom stereocenters. The van der Waals surface area contributed by atoms with Crippen molar-refractivity contribution < 1.29 is 19.0 Å². The van der Waals surface area contributed by atoms with Crippen molar-refractivity contribution in [2.75, 3.05) is 40.0 Å². The van der Waals surface area contributed by atoms with E-state index in [1.807, 2.05) is 43.5 Å². The van der Waals surface area contributed by atoms with Gasteiger partial charge in [0.2, 0.25) is 0 Å². The van der Waals surface area contributed by atoms with Gasteiger partial charge in [0, 0.05) is 43.5 Å². The first-order valence-corrected chi connectivity index (χ1v) is 13.6. The molecule has 0 saturated carbocycles. The average Bonchev–Trinajstić information content (AvgIpc) is 3.14. The lowest BCUT2D eigenvalue weighted by molar-refractivity contribution is -0.0539. The van der Waals surface area contributed by atoms with E-state index in [0.29, 0.717) is 29.8 Å². The van der Waals surface area contributed by atoms with Crippen molar-refractivity contribution in [3.63, 3.8) is 0 Å².